The number of phenolic OH excluding ortho intramolecular Hbond substituents is 1. The van der Waals surface area contributed by atoms with Crippen LogP contribution < -0.4 is 5.32 Å². The molecule has 0 aliphatic carbocycles. The number of benzene rings is 2. The molecule has 2 N–H and O–H groups in total. The summed E-state index contributed by atoms with van der Waals surface area (Å²) in [5.41, 5.74) is -0.128. The fourth-order valence-electron chi connectivity index (χ4n) is 2.84. The van der Waals surface area contributed by atoms with E-state index in [1.54, 1.807) is 26.8 Å². The van der Waals surface area contributed by atoms with Crippen molar-refractivity contribution in [2.24, 2.45) is 4.99 Å². The molecule has 6 nitrogen and oxygen atoms in total. The first kappa shape index (κ1) is 22.4. The minimum absolute atomic E-state index is 0.0647. The number of amides is 1. The van der Waals surface area contributed by atoms with E-state index in [1.165, 1.54) is 6.21 Å². The molecule has 0 saturated heterocycles. The third kappa shape index (κ3) is 6.89. The van der Waals surface area contributed by atoms with Crippen LogP contribution in [0.4, 0.5) is 0 Å². The van der Waals surface area contributed by atoms with E-state index in [9.17, 15) is 14.7 Å². The fourth-order valence-corrected chi connectivity index (χ4v) is 2.84. The number of ether oxygens (including phenoxy) is 1. The molecule has 1 amide bonds. The molecule has 0 aromatic heterocycles. The maximum Gasteiger partial charge on any atom is 0.309 e. The third-order valence-corrected chi connectivity index (χ3v) is 4.24. The summed E-state index contributed by atoms with van der Waals surface area (Å²) >= 11 is 0. The molecule has 29 heavy (non-hydrogen) atoms. The van der Waals surface area contributed by atoms with Crippen molar-refractivity contribution in [3.8, 4) is 5.75 Å². The summed E-state index contributed by atoms with van der Waals surface area (Å²) in [7, 11) is 0. The summed E-state index contributed by atoms with van der Waals surface area (Å²) in [5.74, 6) is -0.762. The van der Waals surface area contributed by atoms with Crippen LogP contribution in [0.3, 0.4) is 0 Å². The van der Waals surface area contributed by atoms with Gasteiger partial charge in [-0.3, -0.25) is 14.6 Å². The number of nitrogens with zero attached hydrogens (tertiary/aromatic N) is 1. The summed E-state index contributed by atoms with van der Waals surface area (Å²) in [6.07, 6.45) is 3.09. The van der Waals surface area contributed by atoms with Crippen molar-refractivity contribution in [3.05, 3.63) is 42.0 Å². The van der Waals surface area contributed by atoms with E-state index in [0.29, 0.717) is 12.1 Å². The van der Waals surface area contributed by atoms with Crippen LogP contribution in [0.2, 0.25) is 0 Å². The monoisotopic (exact) mass is 398 g/mol. The minimum Gasteiger partial charge on any atom is -0.507 e. The van der Waals surface area contributed by atoms with Gasteiger partial charge in [-0.1, -0.05) is 43.7 Å². The molecule has 0 aliphatic rings. The highest BCUT2D eigenvalue weighted by molar-refractivity contribution is 6.03. The van der Waals surface area contributed by atoms with E-state index < -0.39 is 17.6 Å². The maximum atomic E-state index is 12.6. The number of esters is 1. The SMILES string of the molecule is CCCCNC(=O)[C@H](CC(=O)OC(C)(C)C)N=Cc1c(O)ccc2ccccc12. The van der Waals surface area contributed by atoms with Gasteiger partial charge in [-0.2, -0.15) is 0 Å². The summed E-state index contributed by atoms with van der Waals surface area (Å²) in [4.78, 5) is 29.2. The van der Waals surface area contributed by atoms with Crippen LogP contribution in [-0.2, 0) is 14.3 Å². The molecule has 0 heterocycles. The topological polar surface area (TPSA) is 88.0 Å². The molecule has 0 fully saturated rings. The van der Waals surface area contributed by atoms with E-state index in [0.717, 1.165) is 23.6 Å². The van der Waals surface area contributed by atoms with Crippen molar-refractivity contribution in [2.45, 2.75) is 58.6 Å². The number of nitrogens with one attached hydrogen (secondary N) is 1. The van der Waals surface area contributed by atoms with Gasteiger partial charge in [0.1, 0.15) is 17.4 Å². The Morgan fingerprint density at radius 2 is 1.93 bits per heavy atom. The van der Waals surface area contributed by atoms with Gasteiger partial charge in [0.2, 0.25) is 5.91 Å². The number of aromatic hydroxyl groups is 1. The molecule has 1 atom stereocenters. The van der Waals surface area contributed by atoms with Gasteiger partial charge in [0.05, 0.1) is 6.42 Å². The Labute approximate surface area is 172 Å². The first-order chi connectivity index (χ1) is 13.7. The zero-order valence-corrected chi connectivity index (χ0v) is 17.6. The number of phenols is 1. The smallest absolute Gasteiger partial charge is 0.309 e. The van der Waals surface area contributed by atoms with Crippen molar-refractivity contribution in [3.63, 3.8) is 0 Å². The van der Waals surface area contributed by atoms with Crippen LogP contribution in [0.15, 0.2) is 41.4 Å². The highest BCUT2D eigenvalue weighted by atomic mass is 16.6. The van der Waals surface area contributed by atoms with Crippen molar-refractivity contribution >= 4 is 28.9 Å². The molecule has 2 rings (SSSR count). The van der Waals surface area contributed by atoms with Gasteiger partial charge in [0, 0.05) is 18.3 Å². The number of fused-ring (bicyclic) bond motifs is 1. The number of hydrogen-bond acceptors (Lipinski definition) is 5. The standard InChI is InChI=1S/C23H30N2O4/c1-5-6-13-24-22(28)19(14-21(27)29-23(2,3)4)25-15-18-17-10-8-7-9-16(17)11-12-20(18)26/h7-12,15,19,26H,5-6,13-14H2,1-4H3,(H,24,28)/t19-/m0/s1. The lowest BCUT2D eigenvalue weighted by Crippen LogP contribution is -2.37. The second kappa shape index (κ2) is 10.0. The average Bonchev–Trinajstić information content (AvgIpc) is 2.64. The number of hydrogen-bond donors (Lipinski definition) is 2. The summed E-state index contributed by atoms with van der Waals surface area (Å²) in [6, 6.07) is 10.1. The van der Waals surface area contributed by atoms with Crippen LogP contribution in [0.5, 0.6) is 5.75 Å². The van der Waals surface area contributed by atoms with Crippen molar-refractivity contribution in [1.29, 1.82) is 0 Å². The van der Waals surface area contributed by atoms with Crippen molar-refractivity contribution in [1.82, 2.24) is 5.32 Å². The first-order valence-corrected chi connectivity index (χ1v) is 9.94. The predicted octanol–water partition coefficient (Wildman–Crippen LogP) is 3.98. The minimum atomic E-state index is -0.930. The molecule has 2 aromatic rings. The quantitative estimate of drug-likeness (QED) is 0.400. The largest absolute Gasteiger partial charge is 0.507 e. The average molecular weight is 399 g/mol. The first-order valence-electron chi connectivity index (χ1n) is 9.94. The van der Waals surface area contributed by atoms with Crippen LogP contribution in [-0.4, -0.2) is 41.4 Å². The van der Waals surface area contributed by atoms with E-state index in [2.05, 4.69) is 10.3 Å². The molecule has 0 spiro atoms. The Balaban J connectivity index is 2.28. The molecule has 0 bridgehead atoms. The molecule has 0 radical (unpaired) electrons. The van der Waals surface area contributed by atoms with Gasteiger partial charge in [0.15, 0.2) is 0 Å². The summed E-state index contributed by atoms with van der Waals surface area (Å²) in [6.45, 7) is 7.89. The number of carbonyl (C=O) groups is 2. The highest BCUT2D eigenvalue weighted by Gasteiger charge is 2.24. The Morgan fingerprint density at radius 1 is 1.21 bits per heavy atom. The number of aliphatic imine (C=N–C) groups is 1. The van der Waals surface area contributed by atoms with Gasteiger partial charge in [-0.05, 0) is 44.0 Å². The number of carbonyl (C=O) groups excluding carboxylic acids is 2. The van der Waals surface area contributed by atoms with Gasteiger partial charge < -0.3 is 15.2 Å². The molecule has 0 unspecified atom stereocenters. The fraction of sp³-hybridized carbons (Fsp3) is 0.435. The number of unbranched alkanes of at least 4 members (excludes halogenated alkanes) is 1. The Bertz CT molecular complexity index is 884. The van der Waals surface area contributed by atoms with Crippen molar-refractivity contribution in [2.75, 3.05) is 6.54 Å². The predicted molar refractivity (Wildman–Crippen MR) is 115 cm³/mol. The van der Waals surface area contributed by atoms with Crippen LogP contribution in [0.25, 0.3) is 10.8 Å². The van der Waals surface area contributed by atoms with E-state index in [4.69, 9.17) is 4.74 Å². The maximum absolute atomic E-state index is 12.6. The zero-order chi connectivity index (χ0) is 21.4. The van der Waals surface area contributed by atoms with E-state index in [1.807, 2.05) is 37.3 Å². The Hall–Kier alpha value is -2.89. The van der Waals surface area contributed by atoms with Gasteiger partial charge in [-0.15, -0.1) is 0 Å². The zero-order valence-electron chi connectivity index (χ0n) is 17.6. The molecule has 2 aromatic carbocycles. The Morgan fingerprint density at radius 3 is 2.62 bits per heavy atom. The second-order valence-corrected chi connectivity index (χ2v) is 7.95. The highest BCUT2D eigenvalue weighted by Crippen LogP contribution is 2.25. The van der Waals surface area contributed by atoms with Crippen LogP contribution in [0.1, 0.15) is 52.5 Å². The third-order valence-electron chi connectivity index (χ3n) is 4.24. The number of rotatable bonds is 8. The molecule has 6 heteroatoms. The Kier molecular flexibility index (Phi) is 7.76. The van der Waals surface area contributed by atoms with Gasteiger partial charge in [0.25, 0.3) is 0 Å². The van der Waals surface area contributed by atoms with Crippen molar-refractivity contribution < 1.29 is 19.4 Å². The van der Waals surface area contributed by atoms with Gasteiger partial charge >= 0.3 is 5.97 Å². The molecule has 156 valence electrons. The normalized spacial score (nSPS) is 12.8. The second-order valence-electron chi connectivity index (χ2n) is 7.95. The summed E-state index contributed by atoms with van der Waals surface area (Å²) < 4.78 is 5.35. The lowest BCUT2D eigenvalue weighted by molar-refractivity contribution is -0.156. The lowest BCUT2D eigenvalue weighted by atomic mass is 10.0. The van der Waals surface area contributed by atoms with Gasteiger partial charge in [-0.25, -0.2) is 0 Å². The van der Waals surface area contributed by atoms with E-state index >= 15 is 0 Å². The molecule has 0 aliphatic heterocycles. The van der Waals surface area contributed by atoms with E-state index in [-0.39, 0.29) is 18.1 Å². The van der Waals surface area contributed by atoms with Crippen LogP contribution in [0, 0.1) is 0 Å². The van der Waals surface area contributed by atoms with Crippen LogP contribution >= 0.6 is 0 Å². The molecular weight excluding hydrogens is 368 g/mol. The lowest BCUT2D eigenvalue weighted by Gasteiger charge is -2.21. The summed E-state index contributed by atoms with van der Waals surface area (Å²) in [5, 5.41) is 14.9. The molecule has 0 saturated carbocycles. The molecular formula is C23H30N2O4.